The van der Waals surface area contributed by atoms with E-state index in [0.717, 1.165) is 0 Å². The first-order valence-corrected chi connectivity index (χ1v) is 8.07. The van der Waals surface area contributed by atoms with Crippen LogP contribution in [0, 0.1) is 36.5 Å². The second kappa shape index (κ2) is 15.3. The molecule has 0 heterocycles. The summed E-state index contributed by atoms with van der Waals surface area (Å²) in [6.07, 6.45) is 11.6. The fourth-order valence-corrected chi connectivity index (χ4v) is 1.72. The fourth-order valence-electron chi connectivity index (χ4n) is 1.72. The van der Waals surface area contributed by atoms with Crippen LogP contribution in [0.4, 0.5) is 0 Å². The Labute approximate surface area is 150 Å². The maximum atomic E-state index is 11.2. The molecule has 0 rings (SSSR count). The monoisotopic (exact) mass is 351 g/mol. The van der Waals surface area contributed by atoms with E-state index < -0.39 is 18.2 Å². The molecular formula is C19H29NO5. The number of carbonyl (C=O) groups excluding carboxylic acids is 1. The first-order valence-electron chi connectivity index (χ1n) is 8.07. The molecular weight excluding hydrogens is 322 g/mol. The molecule has 0 aliphatic rings. The van der Waals surface area contributed by atoms with E-state index >= 15 is 0 Å². The van der Waals surface area contributed by atoms with Crippen molar-refractivity contribution in [3.05, 3.63) is 12.7 Å². The van der Waals surface area contributed by atoms with Crippen molar-refractivity contribution in [2.24, 2.45) is 11.8 Å². The molecule has 0 bridgehead atoms. The predicted octanol–water partition coefficient (Wildman–Crippen LogP) is 1.18. The van der Waals surface area contributed by atoms with E-state index in [9.17, 15) is 14.7 Å². The normalized spacial score (nSPS) is 14.3. The average Bonchev–Trinajstić information content (AvgIpc) is 2.60. The van der Waals surface area contributed by atoms with Gasteiger partial charge in [0.1, 0.15) is 6.10 Å². The Morgan fingerprint density at radius 1 is 1.08 bits per heavy atom. The quantitative estimate of drug-likeness (QED) is 0.349. The molecule has 0 aromatic carbocycles. The van der Waals surface area contributed by atoms with Gasteiger partial charge in [-0.1, -0.05) is 19.9 Å². The number of carbonyl (C=O) groups is 2. The highest BCUT2D eigenvalue weighted by molar-refractivity contribution is 5.80. The molecule has 0 fully saturated rings. The summed E-state index contributed by atoms with van der Waals surface area (Å²) in [6, 6.07) is 0. The molecule has 0 radical (unpaired) electrons. The van der Waals surface area contributed by atoms with Crippen molar-refractivity contribution in [1.29, 1.82) is 0 Å². The Morgan fingerprint density at radius 3 is 1.88 bits per heavy atom. The minimum absolute atomic E-state index is 0.115. The SMILES string of the molecule is C#CCC[C@H](C)C(O)C(=O)NCC=C.C#CCC[C@H](C)[C@@H](O)C(=O)O. The summed E-state index contributed by atoms with van der Waals surface area (Å²) in [5.74, 6) is 2.92. The summed E-state index contributed by atoms with van der Waals surface area (Å²) < 4.78 is 0. The number of aliphatic hydroxyl groups is 2. The summed E-state index contributed by atoms with van der Waals surface area (Å²) in [5, 5.41) is 29.4. The highest BCUT2D eigenvalue weighted by atomic mass is 16.4. The molecule has 0 aromatic heterocycles. The van der Waals surface area contributed by atoms with E-state index in [1.165, 1.54) is 0 Å². The number of nitrogens with one attached hydrogen (secondary N) is 1. The van der Waals surface area contributed by atoms with Crippen LogP contribution in [0.25, 0.3) is 0 Å². The van der Waals surface area contributed by atoms with Crippen molar-refractivity contribution in [2.45, 2.75) is 51.7 Å². The zero-order valence-corrected chi connectivity index (χ0v) is 14.9. The van der Waals surface area contributed by atoms with Gasteiger partial charge in [0.05, 0.1) is 0 Å². The second-order valence-corrected chi connectivity index (χ2v) is 5.70. The molecule has 0 saturated heterocycles. The molecule has 4 N–H and O–H groups in total. The molecule has 0 aliphatic heterocycles. The number of carboxylic acid groups (broad SMARTS) is 1. The third-order valence-corrected chi connectivity index (χ3v) is 3.51. The van der Waals surface area contributed by atoms with Crippen LogP contribution >= 0.6 is 0 Å². The summed E-state index contributed by atoms with van der Waals surface area (Å²) in [6.45, 7) is 7.30. The van der Waals surface area contributed by atoms with Crippen LogP contribution in [-0.4, -0.2) is 45.9 Å². The molecule has 0 spiro atoms. The van der Waals surface area contributed by atoms with Gasteiger partial charge in [-0.3, -0.25) is 4.79 Å². The van der Waals surface area contributed by atoms with Crippen LogP contribution in [0.2, 0.25) is 0 Å². The topological polar surface area (TPSA) is 107 Å². The van der Waals surface area contributed by atoms with Crippen molar-refractivity contribution >= 4 is 11.9 Å². The van der Waals surface area contributed by atoms with E-state index in [4.69, 9.17) is 23.1 Å². The van der Waals surface area contributed by atoms with Crippen molar-refractivity contribution in [2.75, 3.05) is 6.54 Å². The van der Waals surface area contributed by atoms with Crippen LogP contribution in [0.1, 0.15) is 39.5 Å². The molecule has 25 heavy (non-hydrogen) atoms. The van der Waals surface area contributed by atoms with E-state index in [1.807, 2.05) is 0 Å². The lowest BCUT2D eigenvalue weighted by Crippen LogP contribution is -2.38. The Kier molecular flexibility index (Phi) is 15.2. The summed E-state index contributed by atoms with van der Waals surface area (Å²) >= 11 is 0. The Balaban J connectivity index is 0. The molecule has 6 heteroatoms. The van der Waals surface area contributed by atoms with Gasteiger partial charge in [-0.05, 0) is 24.7 Å². The fraction of sp³-hybridized carbons (Fsp3) is 0.579. The summed E-state index contributed by atoms with van der Waals surface area (Å²) in [5.41, 5.74) is 0. The van der Waals surface area contributed by atoms with Crippen LogP contribution in [-0.2, 0) is 9.59 Å². The molecule has 140 valence electrons. The number of hydrogen-bond donors (Lipinski definition) is 4. The Bertz CT molecular complexity index is 489. The van der Waals surface area contributed by atoms with Gasteiger partial charge in [0.15, 0.2) is 6.10 Å². The van der Waals surface area contributed by atoms with Gasteiger partial charge in [-0.25, -0.2) is 4.79 Å². The average molecular weight is 351 g/mol. The molecule has 0 saturated carbocycles. The minimum Gasteiger partial charge on any atom is -0.479 e. The minimum atomic E-state index is -1.29. The number of amides is 1. The number of aliphatic hydroxyl groups excluding tert-OH is 2. The lowest BCUT2D eigenvalue weighted by Gasteiger charge is -2.16. The Morgan fingerprint density at radius 2 is 1.52 bits per heavy atom. The maximum Gasteiger partial charge on any atom is 0.332 e. The lowest BCUT2D eigenvalue weighted by molar-refractivity contribution is -0.149. The third kappa shape index (κ3) is 12.8. The standard InChI is InChI=1S/C11H17NO2.C8H12O3/c1-4-6-7-9(3)10(13)11(14)12-8-5-2;1-3-4-5-6(2)7(9)8(10)11/h1,5,9-10,13H,2,6-8H2,3H3,(H,12,14);1,6-7,9H,4-5H2,2H3,(H,10,11)/t9-,10?;6-,7+/m00/s1. The van der Waals surface area contributed by atoms with Crippen LogP contribution in [0.3, 0.4) is 0 Å². The number of rotatable bonds is 10. The van der Waals surface area contributed by atoms with E-state index in [2.05, 4.69) is 23.7 Å². The van der Waals surface area contributed by atoms with Gasteiger partial charge in [0, 0.05) is 19.4 Å². The highest BCUT2D eigenvalue weighted by Gasteiger charge is 2.21. The largest absolute Gasteiger partial charge is 0.479 e. The first kappa shape index (κ1) is 25.0. The van der Waals surface area contributed by atoms with E-state index in [1.54, 1.807) is 19.9 Å². The highest BCUT2D eigenvalue weighted by Crippen LogP contribution is 2.10. The van der Waals surface area contributed by atoms with Crippen molar-refractivity contribution in [3.63, 3.8) is 0 Å². The zero-order valence-electron chi connectivity index (χ0n) is 14.9. The maximum absolute atomic E-state index is 11.2. The van der Waals surface area contributed by atoms with Gasteiger partial charge >= 0.3 is 5.97 Å². The molecule has 6 nitrogen and oxygen atoms in total. The molecule has 1 unspecified atom stereocenters. The van der Waals surface area contributed by atoms with Crippen molar-refractivity contribution in [3.8, 4) is 24.7 Å². The van der Waals surface area contributed by atoms with Gasteiger partial charge in [-0.15, -0.1) is 31.3 Å². The van der Waals surface area contributed by atoms with E-state index in [-0.39, 0.29) is 17.7 Å². The van der Waals surface area contributed by atoms with Crippen LogP contribution < -0.4 is 5.32 Å². The molecule has 0 aliphatic carbocycles. The van der Waals surface area contributed by atoms with E-state index in [0.29, 0.717) is 32.2 Å². The van der Waals surface area contributed by atoms with Gasteiger partial charge < -0.3 is 20.6 Å². The smallest absolute Gasteiger partial charge is 0.332 e. The van der Waals surface area contributed by atoms with Crippen molar-refractivity contribution < 1.29 is 24.9 Å². The van der Waals surface area contributed by atoms with Crippen LogP contribution in [0.5, 0.6) is 0 Å². The van der Waals surface area contributed by atoms with Gasteiger partial charge in [-0.2, -0.15) is 0 Å². The second-order valence-electron chi connectivity index (χ2n) is 5.70. The number of hydrogen-bond acceptors (Lipinski definition) is 4. The van der Waals surface area contributed by atoms with Gasteiger partial charge in [0.2, 0.25) is 5.91 Å². The van der Waals surface area contributed by atoms with Crippen molar-refractivity contribution in [1.82, 2.24) is 5.32 Å². The summed E-state index contributed by atoms with van der Waals surface area (Å²) in [4.78, 5) is 21.4. The third-order valence-electron chi connectivity index (χ3n) is 3.51. The lowest BCUT2D eigenvalue weighted by atomic mass is 9.98. The number of aliphatic carboxylic acids is 1. The molecule has 4 atom stereocenters. The summed E-state index contributed by atoms with van der Waals surface area (Å²) in [7, 11) is 0. The zero-order chi connectivity index (χ0) is 19.8. The molecule has 0 aromatic rings. The number of carboxylic acids is 1. The Hall–Kier alpha value is -2.28. The van der Waals surface area contributed by atoms with Gasteiger partial charge in [0.25, 0.3) is 0 Å². The first-order chi connectivity index (χ1) is 11.7. The van der Waals surface area contributed by atoms with Crippen LogP contribution in [0.15, 0.2) is 12.7 Å². The molecule has 1 amide bonds. The predicted molar refractivity (Wildman–Crippen MR) is 97.3 cm³/mol. The number of terminal acetylenes is 2.